The van der Waals surface area contributed by atoms with E-state index in [9.17, 15) is 28.5 Å². The van der Waals surface area contributed by atoms with Gasteiger partial charge in [-0.15, -0.1) is 0 Å². The molecule has 0 bridgehead atoms. The van der Waals surface area contributed by atoms with Crippen LogP contribution >= 0.6 is 0 Å². The molecule has 0 unspecified atom stereocenters. The highest BCUT2D eigenvalue weighted by atomic mass is 19.1. The molecule has 0 heterocycles. The third kappa shape index (κ3) is 3.95. The minimum atomic E-state index is -1.70. The Bertz CT molecular complexity index is 718. The first-order chi connectivity index (χ1) is 11.2. The van der Waals surface area contributed by atoms with Gasteiger partial charge >= 0.3 is 17.6 Å². The molecule has 1 rings (SSSR count). The number of benzene rings is 1. The van der Waals surface area contributed by atoms with Crippen LogP contribution in [0.2, 0.25) is 0 Å². The van der Waals surface area contributed by atoms with Gasteiger partial charge in [0.05, 0.1) is 4.92 Å². The van der Waals surface area contributed by atoms with Crippen molar-refractivity contribution in [1.82, 2.24) is 0 Å². The van der Waals surface area contributed by atoms with E-state index in [2.05, 4.69) is 10.0 Å². The van der Waals surface area contributed by atoms with E-state index in [1.165, 1.54) is 0 Å². The first-order valence-corrected chi connectivity index (χ1v) is 5.86. The lowest BCUT2D eigenvalue weighted by molar-refractivity contribution is -0.383. The van der Waals surface area contributed by atoms with Crippen molar-refractivity contribution in [2.24, 2.45) is 5.11 Å². The van der Waals surface area contributed by atoms with E-state index in [4.69, 9.17) is 15.7 Å². The summed E-state index contributed by atoms with van der Waals surface area (Å²) < 4.78 is 28.3. The van der Waals surface area contributed by atoms with Crippen molar-refractivity contribution in [2.45, 2.75) is 0 Å². The first-order valence-electron chi connectivity index (χ1n) is 5.86. The molecule has 0 fully saturated rings. The summed E-state index contributed by atoms with van der Waals surface area (Å²) in [7, 11) is 0. The summed E-state index contributed by atoms with van der Waals surface area (Å²) in [5.41, 5.74) is 3.62. The molecular weight excluding hydrogens is 338 g/mol. The summed E-state index contributed by atoms with van der Waals surface area (Å²) in [6.07, 6.45) is 0. The molecule has 128 valence electrons. The predicted molar refractivity (Wildman–Crippen MR) is 74.1 cm³/mol. The van der Waals surface area contributed by atoms with Gasteiger partial charge in [-0.05, 0) is 5.53 Å². The Morgan fingerprint density at radius 3 is 1.88 bits per heavy atom. The van der Waals surface area contributed by atoms with Crippen LogP contribution in [-0.4, -0.2) is 40.2 Å². The van der Waals surface area contributed by atoms with Gasteiger partial charge in [0.15, 0.2) is 23.0 Å². The molecule has 12 nitrogen and oxygen atoms in total. The molecule has 0 saturated carbocycles. The van der Waals surface area contributed by atoms with Crippen LogP contribution in [0.25, 0.3) is 10.4 Å². The summed E-state index contributed by atoms with van der Waals surface area (Å²) in [5.74, 6) is -6.42. The second kappa shape index (κ2) is 7.55. The number of hydrogen-bond donors (Lipinski definition) is 4. The predicted octanol–water partition coefficient (Wildman–Crippen LogP) is 1.81. The smallest absolute Gasteiger partial charge is 0.322 e. The van der Waals surface area contributed by atoms with Crippen LogP contribution in [0.3, 0.4) is 0 Å². The lowest BCUT2D eigenvalue weighted by atomic mass is 10.1. The number of nitro benzene ring substituents is 1. The molecular formula is C10H8F2N6O6. The maximum atomic E-state index is 14.2. The topological polar surface area (TPSA) is 191 Å². The number of nitrogens with zero attached hydrogens (tertiary/aromatic N) is 4. The third-order valence-electron chi connectivity index (χ3n) is 2.49. The Morgan fingerprint density at radius 2 is 1.58 bits per heavy atom. The molecule has 0 radical (unpaired) electrons. The summed E-state index contributed by atoms with van der Waals surface area (Å²) in [5, 5.41) is 34.7. The van der Waals surface area contributed by atoms with Crippen LogP contribution in [-0.2, 0) is 9.59 Å². The lowest BCUT2D eigenvalue weighted by Crippen LogP contribution is -2.18. The van der Waals surface area contributed by atoms with Gasteiger partial charge in [0.25, 0.3) is 0 Å². The van der Waals surface area contributed by atoms with E-state index in [0.717, 1.165) is 0 Å². The van der Waals surface area contributed by atoms with E-state index in [-0.39, 0.29) is 0 Å². The van der Waals surface area contributed by atoms with Gasteiger partial charge in [-0.2, -0.15) is 0 Å². The van der Waals surface area contributed by atoms with Crippen molar-refractivity contribution in [3.8, 4) is 0 Å². The quantitative estimate of drug-likeness (QED) is 0.180. The molecule has 1 aromatic rings. The first kappa shape index (κ1) is 18.4. The van der Waals surface area contributed by atoms with Gasteiger partial charge in [-0.3, -0.25) is 19.7 Å². The number of carboxylic acid groups (broad SMARTS) is 2. The highest BCUT2D eigenvalue weighted by Crippen LogP contribution is 2.43. The van der Waals surface area contributed by atoms with Gasteiger partial charge in [0.1, 0.15) is 18.8 Å². The SMILES string of the molecule is [N-]=[N+]=Nc1c(F)c(NCC(=O)O)c([N+](=O)[O-])c(NCC(=O)O)c1F. The van der Waals surface area contributed by atoms with E-state index in [1.807, 2.05) is 10.6 Å². The minimum absolute atomic E-state index is 0.975. The molecule has 4 N–H and O–H groups in total. The molecule has 0 atom stereocenters. The fraction of sp³-hybridized carbons (Fsp3) is 0.200. The molecule has 0 saturated heterocycles. The standard InChI is InChI=1S/C10H8F2N6O6/c11-5-7(16-17-13)6(12)9(15-2-4(21)22)10(18(23)24)8(5)14-1-3(19)20/h14-15H,1-2H2,(H,19,20)(H,21,22). The zero-order valence-electron chi connectivity index (χ0n) is 11.5. The number of carbonyl (C=O) groups is 2. The van der Waals surface area contributed by atoms with E-state index >= 15 is 0 Å². The normalized spacial score (nSPS) is 9.75. The zero-order chi connectivity index (χ0) is 18.4. The minimum Gasteiger partial charge on any atom is -0.480 e. The van der Waals surface area contributed by atoms with Crippen molar-refractivity contribution in [3.63, 3.8) is 0 Å². The Labute approximate surface area is 130 Å². The number of aliphatic carboxylic acids is 2. The van der Waals surface area contributed by atoms with Gasteiger partial charge in [0.2, 0.25) is 0 Å². The number of rotatable bonds is 8. The van der Waals surface area contributed by atoms with Crippen molar-refractivity contribution in [3.05, 3.63) is 32.2 Å². The molecule has 0 aliphatic carbocycles. The van der Waals surface area contributed by atoms with Crippen molar-refractivity contribution in [1.29, 1.82) is 0 Å². The molecule has 0 aromatic heterocycles. The van der Waals surface area contributed by atoms with Crippen LogP contribution in [0.5, 0.6) is 0 Å². The zero-order valence-corrected chi connectivity index (χ0v) is 11.5. The summed E-state index contributed by atoms with van der Waals surface area (Å²) in [6.45, 7) is -1.95. The van der Waals surface area contributed by atoms with Crippen LogP contribution in [0.15, 0.2) is 5.11 Å². The number of anilines is 2. The third-order valence-corrected chi connectivity index (χ3v) is 2.49. The fourth-order valence-electron chi connectivity index (χ4n) is 1.63. The van der Waals surface area contributed by atoms with E-state index < -0.39 is 64.3 Å². The summed E-state index contributed by atoms with van der Waals surface area (Å²) in [4.78, 5) is 33.1. The van der Waals surface area contributed by atoms with Crippen molar-refractivity contribution >= 4 is 34.7 Å². The number of hydrogen-bond acceptors (Lipinski definition) is 7. The number of azide groups is 1. The Morgan fingerprint density at radius 1 is 1.17 bits per heavy atom. The van der Waals surface area contributed by atoms with Crippen LogP contribution in [0.1, 0.15) is 0 Å². The number of nitro groups is 1. The largest absolute Gasteiger partial charge is 0.480 e. The second-order valence-electron chi connectivity index (χ2n) is 4.02. The van der Waals surface area contributed by atoms with Crippen molar-refractivity contribution in [2.75, 3.05) is 23.7 Å². The van der Waals surface area contributed by atoms with E-state index in [0.29, 0.717) is 0 Å². The van der Waals surface area contributed by atoms with Gasteiger partial charge in [-0.1, -0.05) is 5.11 Å². The Kier molecular flexibility index (Phi) is 5.78. The lowest BCUT2D eigenvalue weighted by Gasteiger charge is -2.14. The summed E-state index contributed by atoms with van der Waals surface area (Å²) >= 11 is 0. The van der Waals surface area contributed by atoms with Gasteiger partial charge in [0, 0.05) is 4.91 Å². The van der Waals surface area contributed by atoms with Crippen molar-refractivity contribution < 1.29 is 33.5 Å². The maximum Gasteiger partial charge on any atom is 0.322 e. The molecule has 0 amide bonds. The molecule has 0 spiro atoms. The second-order valence-corrected chi connectivity index (χ2v) is 4.02. The molecule has 24 heavy (non-hydrogen) atoms. The van der Waals surface area contributed by atoms with Gasteiger partial charge < -0.3 is 20.8 Å². The maximum absolute atomic E-state index is 14.2. The number of nitrogens with one attached hydrogen (secondary N) is 2. The molecule has 0 aliphatic rings. The average Bonchev–Trinajstić information content (AvgIpc) is 2.48. The molecule has 1 aromatic carbocycles. The molecule has 0 aliphatic heterocycles. The van der Waals surface area contributed by atoms with Gasteiger partial charge in [-0.25, -0.2) is 8.78 Å². The highest BCUT2D eigenvalue weighted by Gasteiger charge is 2.32. The Hall–Kier alpha value is -3.67. The highest BCUT2D eigenvalue weighted by molar-refractivity contribution is 5.86. The molecule has 14 heteroatoms. The Balaban J connectivity index is 3.69. The average molecular weight is 346 g/mol. The van der Waals surface area contributed by atoms with Crippen LogP contribution in [0, 0.1) is 21.7 Å². The number of halogens is 2. The summed E-state index contributed by atoms with van der Waals surface area (Å²) in [6, 6.07) is 0. The number of carboxylic acids is 2. The van der Waals surface area contributed by atoms with Crippen LogP contribution < -0.4 is 10.6 Å². The van der Waals surface area contributed by atoms with E-state index in [1.54, 1.807) is 0 Å². The fourth-order valence-corrected chi connectivity index (χ4v) is 1.63. The van der Waals surface area contributed by atoms with Crippen LogP contribution in [0.4, 0.5) is 31.5 Å². The monoisotopic (exact) mass is 346 g/mol.